The third kappa shape index (κ3) is 2.71. The lowest BCUT2D eigenvalue weighted by molar-refractivity contribution is 1.20. The van der Waals surface area contributed by atoms with Crippen molar-refractivity contribution in [3.8, 4) is 0 Å². The number of halogens is 2. The molecule has 1 N–H and O–H groups in total. The SMILES string of the molecule is Cc1c[nH]c(Sc2cc(Cl)ccc2Cl)c1. The van der Waals surface area contributed by atoms with Gasteiger partial charge in [0.1, 0.15) is 0 Å². The Morgan fingerprint density at radius 3 is 2.67 bits per heavy atom. The van der Waals surface area contributed by atoms with E-state index in [2.05, 4.69) is 11.1 Å². The quantitative estimate of drug-likeness (QED) is 0.819. The fourth-order valence-corrected chi connectivity index (χ4v) is 2.63. The van der Waals surface area contributed by atoms with Crippen LogP contribution in [0.25, 0.3) is 0 Å². The molecule has 78 valence electrons. The Hall–Kier alpha value is -0.570. The molecule has 0 spiro atoms. The molecule has 0 unspecified atom stereocenters. The molecule has 0 saturated heterocycles. The van der Waals surface area contributed by atoms with E-state index in [0.29, 0.717) is 5.02 Å². The van der Waals surface area contributed by atoms with Crippen LogP contribution < -0.4 is 0 Å². The van der Waals surface area contributed by atoms with Crippen LogP contribution in [0.1, 0.15) is 5.56 Å². The molecule has 0 fully saturated rings. The molecule has 1 nitrogen and oxygen atoms in total. The molecular formula is C11H9Cl2NS. The summed E-state index contributed by atoms with van der Waals surface area (Å²) in [6.07, 6.45) is 1.96. The van der Waals surface area contributed by atoms with Gasteiger partial charge in [-0.15, -0.1) is 0 Å². The maximum atomic E-state index is 6.06. The zero-order valence-electron chi connectivity index (χ0n) is 8.05. The molecule has 4 heteroatoms. The van der Waals surface area contributed by atoms with Gasteiger partial charge in [0, 0.05) is 16.1 Å². The van der Waals surface area contributed by atoms with Gasteiger partial charge >= 0.3 is 0 Å². The van der Waals surface area contributed by atoms with E-state index in [1.54, 1.807) is 17.8 Å². The second-order valence-electron chi connectivity index (χ2n) is 3.22. The highest BCUT2D eigenvalue weighted by molar-refractivity contribution is 7.99. The van der Waals surface area contributed by atoms with Gasteiger partial charge in [-0.05, 0) is 36.8 Å². The van der Waals surface area contributed by atoms with Crippen molar-refractivity contribution in [3.63, 3.8) is 0 Å². The van der Waals surface area contributed by atoms with Gasteiger partial charge < -0.3 is 4.98 Å². The van der Waals surface area contributed by atoms with Crippen molar-refractivity contribution in [2.75, 3.05) is 0 Å². The van der Waals surface area contributed by atoms with Crippen molar-refractivity contribution < 1.29 is 0 Å². The van der Waals surface area contributed by atoms with Gasteiger partial charge in [0.2, 0.25) is 0 Å². The number of aromatic nitrogens is 1. The summed E-state index contributed by atoms with van der Waals surface area (Å²) in [5.74, 6) is 0. The topological polar surface area (TPSA) is 15.8 Å². The van der Waals surface area contributed by atoms with Gasteiger partial charge in [-0.2, -0.15) is 0 Å². The maximum Gasteiger partial charge on any atom is 0.0773 e. The van der Waals surface area contributed by atoms with E-state index >= 15 is 0 Å². The van der Waals surface area contributed by atoms with Crippen LogP contribution in [-0.4, -0.2) is 4.98 Å². The average molecular weight is 258 g/mol. The Morgan fingerprint density at radius 1 is 1.20 bits per heavy atom. The van der Waals surface area contributed by atoms with Gasteiger partial charge in [0.05, 0.1) is 10.0 Å². The fourth-order valence-electron chi connectivity index (χ4n) is 1.21. The molecular weight excluding hydrogens is 249 g/mol. The van der Waals surface area contributed by atoms with E-state index in [1.807, 2.05) is 25.3 Å². The van der Waals surface area contributed by atoms with E-state index in [-0.39, 0.29) is 0 Å². The summed E-state index contributed by atoms with van der Waals surface area (Å²) in [6.45, 7) is 2.04. The van der Waals surface area contributed by atoms with Gasteiger partial charge in [0.15, 0.2) is 0 Å². The summed E-state index contributed by atoms with van der Waals surface area (Å²) in [4.78, 5) is 4.13. The lowest BCUT2D eigenvalue weighted by Gasteiger charge is -2.02. The standard InChI is InChI=1S/C11H9Cl2NS/c1-7-4-11(14-6-7)15-10-5-8(12)2-3-9(10)13/h2-6,14H,1H3. The average Bonchev–Trinajstić information content (AvgIpc) is 2.58. The molecule has 0 amide bonds. The van der Waals surface area contributed by atoms with Crippen LogP contribution in [0, 0.1) is 6.92 Å². The number of aromatic amines is 1. The number of nitrogens with one attached hydrogen (secondary N) is 1. The normalized spacial score (nSPS) is 10.6. The molecule has 2 aromatic rings. The Balaban J connectivity index is 2.27. The van der Waals surface area contributed by atoms with Gasteiger partial charge in [-0.25, -0.2) is 0 Å². The summed E-state index contributed by atoms with van der Waals surface area (Å²) < 4.78 is 0. The highest BCUT2D eigenvalue weighted by Crippen LogP contribution is 2.34. The molecule has 15 heavy (non-hydrogen) atoms. The summed E-state index contributed by atoms with van der Waals surface area (Å²) in [7, 11) is 0. The number of aryl methyl sites for hydroxylation is 1. The van der Waals surface area contributed by atoms with Gasteiger partial charge in [0.25, 0.3) is 0 Å². The summed E-state index contributed by atoms with van der Waals surface area (Å²) in [5, 5.41) is 2.48. The fraction of sp³-hybridized carbons (Fsp3) is 0.0909. The van der Waals surface area contributed by atoms with Crippen molar-refractivity contribution in [3.05, 3.63) is 46.1 Å². The molecule has 2 rings (SSSR count). The Kier molecular flexibility index (Phi) is 3.29. The lowest BCUT2D eigenvalue weighted by Crippen LogP contribution is -1.75. The molecule has 0 saturated carbocycles. The number of rotatable bonds is 2. The zero-order chi connectivity index (χ0) is 10.8. The van der Waals surface area contributed by atoms with Crippen molar-refractivity contribution in [2.45, 2.75) is 16.8 Å². The second kappa shape index (κ2) is 4.52. The highest BCUT2D eigenvalue weighted by atomic mass is 35.5. The molecule has 0 bridgehead atoms. The van der Waals surface area contributed by atoms with Crippen LogP contribution in [0.15, 0.2) is 40.4 Å². The first kappa shape index (κ1) is 10.9. The zero-order valence-corrected chi connectivity index (χ0v) is 10.4. The number of H-pyrrole nitrogens is 1. The smallest absolute Gasteiger partial charge is 0.0773 e. The van der Waals surface area contributed by atoms with E-state index in [4.69, 9.17) is 23.2 Å². The van der Waals surface area contributed by atoms with Crippen LogP contribution >= 0.6 is 35.0 Å². The number of hydrogen-bond donors (Lipinski definition) is 1. The Labute approximate surface area is 103 Å². The molecule has 1 heterocycles. The molecule has 0 atom stereocenters. The minimum absolute atomic E-state index is 0.699. The summed E-state index contributed by atoms with van der Waals surface area (Å²) in [6, 6.07) is 7.53. The number of hydrogen-bond acceptors (Lipinski definition) is 1. The van der Waals surface area contributed by atoms with Crippen molar-refractivity contribution in [2.24, 2.45) is 0 Å². The van der Waals surface area contributed by atoms with Gasteiger partial charge in [-0.1, -0.05) is 35.0 Å². The molecule has 0 aliphatic carbocycles. The van der Waals surface area contributed by atoms with Crippen LogP contribution in [-0.2, 0) is 0 Å². The Morgan fingerprint density at radius 2 is 2.00 bits per heavy atom. The van der Waals surface area contributed by atoms with Crippen LogP contribution in [0.3, 0.4) is 0 Å². The number of benzene rings is 1. The first-order chi connectivity index (χ1) is 7.15. The molecule has 0 radical (unpaired) electrons. The van der Waals surface area contributed by atoms with Crippen LogP contribution in [0.4, 0.5) is 0 Å². The second-order valence-corrected chi connectivity index (χ2v) is 5.15. The first-order valence-corrected chi connectivity index (χ1v) is 6.00. The third-order valence-corrected chi connectivity index (χ3v) is 3.60. The van der Waals surface area contributed by atoms with E-state index < -0.39 is 0 Å². The molecule has 1 aromatic heterocycles. The van der Waals surface area contributed by atoms with Crippen LogP contribution in [0.5, 0.6) is 0 Å². The maximum absolute atomic E-state index is 6.06. The highest BCUT2D eigenvalue weighted by Gasteiger charge is 2.04. The minimum Gasteiger partial charge on any atom is -0.356 e. The minimum atomic E-state index is 0.699. The van der Waals surface area contributed by atoms with Crippen molar-refractivity contribution in [1.82, 2.24) is 4.98 Å². The monoisotopic (exact) mass is 257 g/mol. The summed E-state index contributed by atoms with van der Waals surface area (Å²) in [5.41, 5.74) is 1.20. The Bertz CT molecular complexity index is 479. The van der Waals surface area contributed by atoms with Crippen molar-refractivity contribution >= 4 is 35.0 Å². The summed E-state index contributed by atoms with van der Waals surface area (Å²) >= 11 is 13.5. The van der Waals surface area contributed by atoms with Gasteiger partial charge in [-0.3, -0.25) is 0 Å². The molecule has 1 aromatic carbocycles. The predicted octanol–water partition coefficient (Wildman–Crippen LogP) is 4.78. The molecule has 0 aliphatic rings. The van der Waals surface area contributed by atoms with E-state index in [1.165, 1.54) is 5.56 Å². The van der Waals surface area contributed by atoms with E-state index in [9.17, 15) is 0 Å². The third-order valence-electron chi connectivity index (χ3n) is 1.91. The lowest BCUT2D eigenvalue weighted by atomic mass is 10.4. The van der Waals surface area contributed by atoms with E-state index in [0.717, 1.165) is 14.9 Å². The first-order valence-electron chi connectivity index (χ1n) is 4.43. The van der Waals surface area contributed by atoms with Crippen LogP contribution in [0.2, 0.25) is 10.0 Å². The van der Waals surface area contributed by atoms with Crippen molar-refractivity contribution in [1.29, 1.82) is 0 Å². The largest absolute Gasteiger partial charge is 0.356 e. The molecule has 0 aliphatic heterocycles. The predicted molar refractivity (Wildman–Crippen MR) is 66.1 cm³/mol.